The number of hydrogen-bond donors (Lipinski definition) is 2. The monoisotopic (exact) mass is 236 g/mol. The largest absolute Gasteiger partial charge is 0.379 e. The van der Waals surface area contributed by atoms with Crippen LogP contribution in [0.25, 0.3) is 0 Å². The van der Waals surface area contributed by atoms with E-state index in [2.05, 4.69) is 15.2 Å². The van der Waals surface area contributed by atoms with E-state index in [9.17, 15) is 0 Å². The van der Waals surface area contributed by atoms with Crippen LogP contribution < -0.4 is 5.73 Å². The van der Waals surface area contributed by atoms with Crippen LogP contribution in [0.5, 0.6) is 0 Å². The lowest BCUT2D eigenvalue weighted by Crippen LogP contribution is -2.27. The maximum Gasteiger partial charge on any atom is 0.153 e. The number of aromatic amines is 1. The molecule has 1 aromatic rings. The van der Waals surface area contributed by atoms with Crippen molar-refractivity contribution in [1.82, 2.24) is 15.2 Å². The van der Waals surface area contributed by atoms with Crippen LogP contribution in [-0.4, -0.2) is 34.4 Å². The molecule has 3 rings (SSSR count). The second kappa shape index (κ2) is 4.74. The Morgan fingerprint density at radius 1 is 1.18 bits per heavy atom. The first kappa shape index (κ1) is 11.2. The summed E-state index contributed by atoms with van der Waals surface area (Å²) >= 11 is 0. The lowest BCUT2D eigenvalue weighted by Gasteiger charge is -2.18. The van der Waals surface area contributed by atoms with Gasteiger partial charge in [-0.25, -0.2) is 4.98 Å². The van der Waals surface area contributed by atoms with Gasteiger partial charge in [-0.05, 0) is 12.8 Å². The normalized spacial score (nSPS) is 30.9. The molecule has 0 spiro atoms. The molecule has 2 heterocycles. The van der Waals surface area contributed by atoms with Gasteiger partial charge in [0.05, 0.1) is 19.1 Å². The van der Waals surface area contributed by atoms with Gasteiger partial charge < -0.3 is 10.5 Å². The van der Waals surface area contributed by atoms with Crippen LogP contribution in [0.15, 0.2) is 0 Å². The summed E-state index contributed by atoms with van der Waals surface area (Å²) in [4.78, 5) is 4.64. The Balaban J connectivity index is 1.73. The number of rotatable bonds is 2. The van der Waals surface area contributed by atoms with Crippen LogP contribution in [0.2, 0.25) is 0 Å². The molecule has 0 radical (unpaired) electrons. The Labute approximate surface area is 101 Å². The Hall–Kier alpha value is -0.940. The van der Waals surface area contributed by atoms with Crippen LogP contribution in [0.4, 0.5) is 0 Å². The molecule has 5 heteroatoms. The lowest BCUT2D eigenvalue weighted by molar-refractivity contribution is 0.190. The smallest absolute Gasteiger partial charge is 0.153 e. The predicted octanol–water partition coefficient (Wildman–Crippen LogP) is 1.29. The molecule has 2 atom stereocenters. The molecule has 1 aliphatic carbocycles. The van der Waals surface area contributed by atoms with Crippen molar-refractivity contribution in [3.63, 3.8) is 0 Å². The first-order valence-electron chi connectivity index (χ1n) is 6.60. The Morgan fingerprint density at radius 3 is 2.71 bits per heavy atom. The number of nitrogens with one attached hydrogen (secondary N) is 1. The molecule has 1 saturated heterocycles. The fourth-order valence-electron chi connectivity index (χ4n) is 2.85. The second-order valence-electron chi connectivity index (χ2n) is 5.22. The summed E-state index contributed by atoms with van der Waals surface area (Å²) in [6.45, 7) is 1.30. The first-order valence-corrected chi connectivity index (χ1v) is 6.60. The quantitative estimate of drug-likeness (QED) is 0.811. The predicted molar refractivity (Wildman–Crippen MR) is 63.7 cm³/mol. The van der Waals surface area contributed by atoms with Crippen LogP contribution in [0, 0.1) is 0 Å². The van der Waals surface area contributed by atoms with Gasteiger partial charge in [-0.1, -0.05) is 19.3 Å². The standard InChI is InChI=1S/C12H20N4O/c13-10-7-17-6-9(10)12-14-11(15-16-12)8-4-2-1-3-5-8/h8-10H,1-7,13H2,(H,14,15,16). The Kier molecular flexibility index (Phi) is 3.11. The Bertz CT molecular complexity index is 372. The average Bonchev–Trinajstić information content (AvgIpc) is 2.98. The molecule has 0 amide bonds. The van der Waals surface area contributed by atoms with Crippen molar-refractivity contribution in [1.29, 1.82) is 0 Å². The van der Waals surface area contributed by atoms with E-state index in [1.165, 1.54) is 32.1 Å². The van der Waals surface area contributed by atoms with E-state index in [0.717, 1.165) is 11.6 Å². The molecule has 2 unspecified atom stereocenters. The van der Waals surface area contributed by atoms with Gasteiger partial charge in [0, 0.05) is 12.0 Å². The fraction of sp³-hybridized carbons (Fsp3) is 0.833. The van der Waals surface area contributed by atoms with Crippen molar-refractivity contribution in [2.75, 3.05) is 13.2 Å². The third-order valence-corrected chi connectivity index (χ3v) is 3.97. The molecule has 1 saturated carbocycles. The lowest BCUT2D eigenvalue weighted by atomic mass is 9.89. The van der Waals surface area contributed by atoms with E-state index in [-0.39, 0.29) is 12.0 Å². The van der Waals surface area contributed by atoms with Gasteiger partial charge in [0.1, 0.15) is 5.82 Å². The van der Waals surface area contributed by atoms with Crippen molar-refractivity contribution in [3.8, 4) is 0 Å². The number of ether oxygens (including phenoxy) is 1. The van der Waals surface area contributed by atoms with Crippen LogP contribution in [-0.2, 0) is 4.74 Å². The summed E-state index contributed by atoms with van der Waals surface area (Å²) in [6, 6.07) is 0.0576. The van der Waals surface area contributed by atoms with Crippen molar-refractivity contribution >= 4 is 0 Å². The summed E-state index contributed by atoms with van der Waals surface area (Å²) in [5, 5.41) is 7.43. The zero-order valence-corrected chi connectivity index (χ0v) is 10.1. The van der Waals surface area contributed by atoms with Crippen molar-refractivity contribution in [2.24, 2.45) is 5.73 Å². The molecule has 2 aliphatic rings. The number of nitrogens with zero attached hydrogens (tertiary/aromatic N) is 2. The van der Waals surface area contributed by atoms with E-state index in [0.29, 0.717) is 19.1 Å². The minimum Gasteiger partial charge on any atom is -0.379 e. The first-order chi connectivity index (χ1) is 8.34. The van der Waals surface area contributed by atoms with Crippen LogP contribution >= 0.6 is 0 Å². The van der Waals surface area contributed by atoms with E-state index < -0.39 is 0 Å². The van der Waals surface area contributed by atoms with Gasteiger partial charge in [0.25, 0.3) is 0 Å². The molecule has 0 bridgehead atoms. The zero-order valence-electron chi connectivity index (χ0n) is 10.1. The summed E-state index contributed by atoms with van der Waals surface area (Å²) in [6.07, 6.45) is 6.42. The van der Waals surface area contributed by atoms with Gasteiger partial charge >= 0.3 is 0 Å². The maximum atomic E-state index is 5.99. The average molecular weight is 236 g/mol. The maximum absolute atomic E-state index is 5.99. The zero-order chi connectivity index (χ0) is 11.7. The summed E-state index contributed by atoms with van der Waals surface area (Å²) in [5.41, 5.74) is 5.99. The van der Waals surface area contributed by atoms with Gasteiger partial charge in [0.15, 0.2) is 5.82 Å². The summed E-state index contributed by atoms with van der Waals surface area (Å²) < 4.78 is 5.37. The molecule has 1 aliphatic heterocycles. The minimum absolute atomic E-state index is 0.0576. The molecule has 0 aromatic carbocycles. The topological polar surface area (TPSA) is 76.8 Å². The van der Waals surface area contributed by atoms with Gasteiger partial charge in [-0.15, -0.1) is 0 Å². The van der Waals surface area contributed by atoms with Crippen molar-refractivity contribution < 1.29 is 4.74 Å². The fourth-order valence-corrected chi connectivity index (χ4v) is 2.85. The molecule has 1 aromatic heterocycles. The number of hydrogen-bond acceptors (Lipinski definition) is 4. The van der Waals surface area contributed by atoms with Gasteiger partial charge in [-0.2, -0.15) is 5.10 Å². The molecular weight excluding hydrogens is 216 g/mol. The Morgan fingerprint density at radius 2 is 2.00 bits per heavy atom. The van der Waals surface area contributed by atoms with E-state index in [4.69, 9.17) is 10.5 Å². The van der Waals surface area contributed by atoms with Crippen molar-refractivity contribution in [3.05, 3.63) is 11.6 Å². The number of H-pyrrole nitrogens is 1. The number of aromatic nitrogens is 3. The molecular formula is C12H20N4O. The van der Waals surface area contributed by atoms with E-state index >= 15 is 0 Å². The summed E-state index contributed by atoms with van der Waals surface area (Å²) in [7, 11) is 0. The highest BCUT2D eigenvalue weighted by Gasteiger charge is 2.30. The molecule has 5 nitrogen and oxygen atoms in total. The highest BCUT2D eigenvalue weighted by Crippen LogP contribution is 2.31. The van der Waals surface area contributed by atoms with E-state index in [1.54, 1.807) is 0 Å². The van der Waals surface area contributed by atoms with Crippen LogP contribution in [0.3, 0.4) is 0 Å². The highest BCUT2D eigenvalue weighted by molar-refractivity contribution is 5.07. The second-order valence-corrected chi connectivity index (χ2v) is 5.22. The van der Waals surface area contributed by atoms with Gasteiger partial charge in [-0.3, -0.25) is 5.10 Å². The minimum atomic E-state index is 0.0576. The number of nitrogens with two attached hydrogens (primary N) is 1. The molecule has 3 N–H and O–H groups in total. The third-order valence-electron chi connectivity index (χ3n) is 3.97. The molecule has 2 fully saturated rings. The summed E-state index contributed by atoms with van der Waals surface area (Å²) in [5.74, 6) is 2.64. The van der Waals surface area contributed by atoms with Crippen LogP contribution in [0.1, 0.15) is 55.6 Å². The SMILES string of the molecule is NC1COCC1c1nc(C2CCCCC2)n[nH]1. The van der Waals surface area contributed by atoms with Gasteiger partial charge in [0.2, 0.25) is 0 Å². The molecule has 94 valence electrons. The molecule has 17 heavy (non-hydrogen) atoms. The third kappa shape index (κ3) is 2.21. The van der Waals surface area contributed by atoms with E-state index in [1.807, 2.05) is 0 Å². The van der Waals surface area contributed by atoms with Crippen molar-refractivity contribution in [2.45, 2.75) is 50.0 Å². The highest BCUT2D eigenvalue weighted by atomic mass is 16.5.